The third kappa shape index (κ3) is 4.86. The molecule has 4 heterocycles. The Hall–Kier alpha value is -3.47. The van der Waals surface area contributed by atoms with Crippen LogP contribution in [0.2, 0.25) is 0 Å². The van der Waals surface area contributed by atoms with Crippen LogP contribution in [0.15, 0.2) is 47.6 Å². The number of rotatable bonds is 6. The minimum atomic E-state index is -4.23. The van der Waals surface area contributed by atoms with Crippen molar-refractivity contribution >= 4 is 27.6 Å². The van der Waals surface area contributed by atoms with E-state index in [4.69, 9.17) is 10.7 Å². The summed E-state index contributed by atoms with van der Waals surface area (Å²) in [5, 5.41) is 4.07. The van der Waals surface area contributed by atoms with Crippen LogP contribution in [-0.4, -0.2) is 46.2 Å². The van der Waals surface area contributed by atoms with Gasteiger partial charge in [-0.1, -0.05) is 13.0 Å². The van der Waals surface area contributed by atoms with E-state index in [2.05, 4.69) is 40.5 Å². The zero-order chi connectivity index (χ0) is 25.5. The van der Waals surface area contributed by atoms with Crippen LogP contribution in [0.5, 0.6) is 0 Å². The number of anilines is 2. The van der Waals surface area contributed by atoms with Gasteiger partial charge in [0, 0.05) is 24.3 Å². The van der Waals surface area contributed by atoms with E-state index < -0.39 is 15.9 Å². The number of sulfonamides is 1. The van der Waals surface area contributed by atoms with Gasteiger partial charge in [-0.3, -0.25) is 9.48 Å². The lowest BCUT2D eigenvalue weighted by molar-refractivity contribution is 0.0981. The highest BCUT2D eigenvalue weighted by molar-refractivity contribution is 7.90. The van der Waals surface area contributed by atoms with Crippen molar-refractivity contribution in [3.63, 3.8) is 0 Å². The molecule has 1 aliphatic heterocycles. The molecule has 3 aromatic heterocycles. The number of hydrogen-bond donors (Lipinski definition) is 2. The van der Waals surface area contributed by atoms with Crippen LogP contribution in [0.3, 0.4) is 0 Å². The molecule has 1 aliphatic rings. The van der Waals surface area contributed by atoms with Crippen molar-refractivity contribution in [2.45, 2.75) is 57.6 Å². The first-order valence-electron chi connectivity index (χ1n) is 11.5. The molecule has 1 amide bonds. The molecular formula is C24H31N7O3S. The van der Waals surface area contributed by atoms with Crippen molar-refractivity contribution in [3.8, 4) is 11.4 Å². The van der Waals surface area contributed by atoms with Gasteiger partial charge in [-0.25, -0.2) is 14.7 Å². The first-order valence-corrected chi connectivity index (χ1v) is 13.0. The molecule has 0 radical (unpaired) electrons. The first-order chi connectivity index (χ1) is 16.4. The van der Waals surface area contributed by atoms with Crippen LogP contribution < -0.4 is 15.4 Å². The number of nitrogens with zero attached hydrogens (tertiary/aromatic N) is 5. The highest BCUT2D eigenvalue weighted by Gasteiger charge is 2.39. The molecule has 1 atom stereocenters. The molecule has 0 bridgehead atoms. The molecule has 0 spiro atoms. The van der Waals surface area contributed by atoms with E-state index in [0.717, 1.165) is 12.1 Å². The summed E-state index contributed by atoms with van der Waals surface area (Å²) >= 11 is 0. The van der Waals surface area contributed by atoms with Crippen LogP contribution in [0.4, 0.5) is 11.6 Å². The number of aromatic nitrogens is 4. The molecular weight excluding hydrogens is 466 g/mol. The summed E-state index contributed by atoms with van der Waals surface area (Å²) < 4.78 is 29.7. The van der Waals surface area contributed by atoms with E-state index in [-0.39, 0.29) is 28.0 Å². The predicted molar refractivity (Wildman–Crippen MR) is 134 cm³/mol. The smallest absolute Gasteiger partial charge is 0.281 e. The van der Waals surface area contributed by atoms with Crippen molar-refractivity contribution in [2.24, 2.45) is 5.92 Å². The minimum absolute atomic E-state index is 0.0431. The molecule has 4 rings (SSSR count). The molecule has 186 valence electrons. The molecule has 3 N–H and O–H groups in total. The zero-order valence-corrected chi connectivity index (χ0v) is 21.4. The summed E-state index contributed by atoms with van der Waals surface area (Å²) in [7, 11) is -4.23. The third-order valence-corrected chi connectivity index (χ3v) is 7.35. The van der Waals surface area contributed by atoms with Crippen LogP contribution in [0.1, 0.15) is 57.4 Å². The predicted octanol–water partition coefficient (Wildman–Crippen LogP) is 3.25. The maximum atomic E-state index is 13.3. The van der Waals surface area contributed by atoms with E-state index in [0.29, 0.717) is 24.0 Å². The van der Waals surface area contributed by atoms with Gasteiger partial charge < -0.3 is 10.6 Å². The highest BCUT2D eigenvalue weighted by Crippen LogP contribution is 2.38. The van der Waals surface area contributed by atoms with E-state index in [1.54, 1.807) is 18.3 Å². The number of carbonyl (C=O) groups is 1. The van der Waals surface area contributed by atoms with Crippen molar-refractivity contribution in [2.75, 3.05) is 17.2 Å². The molecule has 1 saturated heterocycles. The van der Waals surface area contributed by atoms with Crippen LogP contribution in [0, 0.1) is 5.92 Å². The Kier molecular flexibility index (Phi) is 6.31. The zero-order valence-electron chi connectivity index (χ0n) is 20.6. The Balaban J connectivity index is 1.79. The Bertz CT molecular complexity index is 1360. The van der Waals surface area contributed by atoms with E-state index in [1.807, 2.05) is 24.6 Å². The molecule has 0 aromatic carbocycles. The number of hydrogen-bond acceptors (Lipinski definition) is 8. The number of nitrogens with two attached hydrogens (primary N) is 1. The Morgan fingerprint density at radius 3 is 2.54 bits per heavy atom. The van der Waals surface area contributed by atoms with Gasteiger partial charge in [-0.2, -0.15) is 13.5 Å². The van der Waals surface area contributed by atoms with Crippen LogP contribution in [-0.2, 0) is 10.0 Å². The third-order valence-electron chi connectivity index (χ3n) is 6.12. The van der Waals surface area contributed by atoms with Crippen molar-refractivity contribution in [1.82, 2.24) is 24.5 Å². The van der Waals surface area contributed by atoms with Gasteiger partial charge in [0.25, 0.3) is 15.9 Å². The molecule has 11 heteroatoms. The largest absolute Gasteiger partial charge is 0.384 e. The number of pyridine rings is 2. The Labute approximate surface area is 205 Å². The molecule has 0 saturated carbocycles. The summed E-state index contributed by atoms with van der Waals surface area (Å²) in [6.45, 7) is 11.1. The van der Waals surface area contributed by atoms with Gasteiger partial charge >= 0.3 is 0 Å². The fraction of sp³-hybridized carbons (Fsp3) is 0.417. The SMILES string of the molecule is CC1CN(c2nc(-c3ccnn3C(C)C)ccc2C(=O)NS(=O)(=O)c2cccc(N)n2)C(C)(C)C1. The van der Waals surface area contributed by atoms with E-state index >= 15 is 0 Å². The van der Waals surface area contributed by atoms with Gasteiger partial charge in [-0.15, -0.1) is 0 Å². The second-order valence-corrected chi connectivity index (χ2v) is 11.5. The average Bonchev–Trinajstić information content (AvgIpc) is 3.36. The number of nitrogen functional groups attached to an aromatic ring is 1. The normalized spacial score (nSPS) is 17.7. The highest BCUT2D eigenvalue weighted by atomic mass is 32.2. The van der Waals surface area contributed by atoms with Gasteiger partial charge in [0.2, 0.25) is 0 Å². The summed E-state index contributed by atoms with van der Waals surface area (Å²) in [6.07, 6.45) is 2.62. The second kappa shape index (κ2) is 8.95. The van der Waals surface area contributed by atoms with E-state index in [1.165, 1.54) is 18.2 Å². The summed E-state index contributed by atoms with van der Waals surface area (Å²) in [5.41, 5.74) is 6.99. The lowest BCUT2D eigenvalue weighted by atomic mass is 9.97. The number of amides is 1. The maximum absolute atomic E-state index is 13.3. The molecule has 1 fully saturated rings. The Morgan fingerprint density at radius 2 is 1.91 bits per heavy atom. The summed E-state index contributed by atoms with van der Waals surface area (Å²) in [4.78, 5) is 24.1. The summed E-state index contributed by atoms with van der Waals surface area (Å²) in [6, 6.07) is 9.55. The number of nitrogens with one attached hydrogen (secondary N) is 1. The minimum Gasteiger partial charge on any atom is -0.384 e. The van der Waals surface area contributed by atoms with Crippen molar-refractivity contribution < 1.29 is 13.2 Å². The topological polar surface area (TPSA) is 136 Å². The molecule has 35 heavy (non-hydrogen) atoms. The lowest BCUT2D eigenvalue weighted by Gasteiger charge is -2.34. The quantitative estimate of drug-likeness (QED) is 0.530. The van der Waals surface area contributed by atoms with Crippen molar-refractivity contribution in [1.29, 1.82) is 0 Å². The molecule has 0 aliphatic carbocycles. The maximum Gasteiger partial charge on any atom is 0.281 e. The van der Waals surface area contributed by atoms with E-state index in [9.17, 15) is 13.2 Å². The molecule has 1 unspecified atom stereocenters. The standard InChI is InChI=1S/C24H31N7O3S/c1-15(2)31-19(11-12-26-31)18-10-9-17(22(27-18)30-14-16(3)13-24(30,4)5)23(32)29-35(33,34)21-8-6-7-20(25)28-21/h6-12,15-16H,13-14H2,1-5H3,(H2,25,28)(H,29,32). The lowest BCUT2D eigenvalue weighted by Crippen LogP contribution is -2.41. The number of carbonyl (C=O) groups excluding carboxylic acids is 1. The Morgan fingerprint density at radius 1 is 1.17 bits per heavy atom. The van der Waals surface area contributed by atoms with Crippen LogP contribution in [0.25, 0.3) is 11.4 Å². The fourth-order valence-corrected chi connectivity index (χ4v) is 5.61. The van der Waals surface area contributed by atoms with Gasteiger partial charge in [0.15, 0.2) is 5.03 Å². The molecule has 3 aromatic rings. The van der Waals surface area contributed by atoms with Crippen molar-refractivity contribution in [3.05, 3.63) is 48.2 Å². The van der Waals surface area contributed by atoms with Crippen LogP contribution >= 0.6 is 0 Å². The van der Waals surface area contributed by atoms with Gasteiger partial charge in [0.1, 0.15) is 11.6 Å². The monoisotopic (exact) mass is 497 g/mol. The first kappa shape index (κ1) is 24.6. The fourth-order valence-electron chi connectivity index (χ4n) is 4.67. The van der Waals surface area contributed by atoms with Gasteiger partial charge in [-0.05, 0) is 70.4 Å². The average molecular weight is 498 g/mol. The van der Waals surface area contributed by atoms with Gasteiger partial charge in [0.05, 0.1) is 17.0 Å². The summed E-state index contributed by atoms with van der Waals surface area (Å²) in [5.74, 6) is 0.0759. The molecule has 10 nitrogen and oxygen atoms in total. The second-order valence-electron chi connectivity index (χ2n) is 9.89.